The van der Waals surface area contributed by atoms with Gasteiger partial charge in [0.25, 0.3) is 11.5 Å². The van der Waals surface area contributed by atoms with Crippen molar-refractivity contribution in [1.82, 2.24) is 14.7 Å². The molecule has 1 aliphatic heterocycles. The number of anilines is 1. The Morgan fingerprint density at radius 1 is 1.10 bits per heavy atom. The van der Waals surface area contributed by atoms with Crippen LogP contribution in [0.1, 0.15) is 17.4 Å². The maximum absolute atomic E-state index is 13.6. The summed E-state index contributed by atoms with van der Waals surface area (Å²) in [5.41, 5.74) is 0.862. The lowest BCUT2D eigenvalue weighted by Crippen LogP contribution is -2.49. The number of carbonyl (C=O) groups is 1. The molecule has 0 spiro atoms. The van der Waals surface area contributed by atoms with Gasteiger partial charge in [0.05, 0.1) is 17.7 Å². The van der Waals surface area contributed by atoms with E-state index in [9.17, 15) is 14.0 Å². The topological polar surface area (TPSA) is 67.7 Å². The second kappa shape index (κ2) is 8.14. The molecule has 30 heavy (non-hydrogen) atoms. The van der Waals surface area contributed by atoms with Crippen molar-refractivity contribution in [3.05, 3.63) is 64.3 Å². The quantitative estimate of drug-likeness (QED) is 0.661. The molecule has 0 radical (unpaired) electrons. The Balaban J connectivity index is 1.56. The summed E-state index contributed by atoms with van der Waals surface area (Å²) in [4.78, 5) is 29.3. The number of fused-ring (bicyclic) bond motifs is 1. The highest BCUT2D eigenvalue weighted by atomic mass is 19.1. The largest absolute Gasteiger partial charge is 0.492 e. The molecular weight excluding hydrogens is 387 g/mol. The molecule has 1 fully saturated rings. The Kier molecular flexibility index (Phi) is 5.39. The predicted molar refractivity (Wildman–Crippen MR) is 113 cm³/mol. The van der Waals surface area contributed by atoms with Crippen molar-refractivity contribution in [2.45, 2.75) is 6.92 Å². The third-order valence-corrected chi connectivity index (χ3v) is 5.29. The van der Waals surface area contributed by atoms with Crippen LogP contribution >= 0.6 is 0 Å². The summed E-state index contributed by atoms with van der Waals surface area (Å²) in [7, 11) is 1.55. The first-order valence-electron chi connectivity index (χ1n) is 9.92. The number of amides is 1. The van der Waals surface area contributed by atoms with Crippen molar-refractivity contribution < 1.29 is 13.9 Å². The predicted octanol–water partition coefficient (Wildman–Crippen LogP) is 2.43. The van der Waals surface area contributed by atoms with Crippen molar-refractivity contribution in [2.75, 3.05) is 37.7 Å². The van der Waals surface area contributed by atoms with Crippen molar-refractivity contribution in [3.63, 3.8) is 0 Å². The second-order valence-corrected chi connectivity index (χ2v) is 7.15. The Morgan fingerprint density at radius 2 is 1.80 bits per heavy atom. The molecule has 156 valence electrons. The maximum atomic E-state index is 13.6. The zero-order valence-corrected chi connectivity index (χ0v) is 17.0. The van der Waals surface area contributed by atoms with Crippen LogP contribution < -0.4 is 15.2 Å². The SMILES string of the molecule is CCOc1cc(F)ccc1N1CCN(C(=O)c2nn(C)c(=O)c3ccccc23)CC1. The van der Waals surface area contributed by atoms with E-state index < -0.39 is 0 Å². The number of ether oxygens (including phenoxy) is 1. The molecular formula is C22H23FN4O3. The smallest absolute Gasteiger partial charge is 0.275 e. The highest BCUT2D eigenvalue weighted by Gasteiger charge is 2.26. The number of carbonyl (C=O) groups excluding carboxylic acids is 1. The number of piperazine rings is 1. The van der Waals surface area contributed by atoms with E-state index in [0.29, 0.717) is 49.3 Å². The van der Waals surface area contributed by atoms with E-state index in [-0.39, 0.29) is 23.0 Å². The van der Waals surface area contributed by atoms with Gasteiger partial charge < -0.3 is 14.5 Å². The van der Waals surface area contributed by atoms with Crippen LogP contribution in [0, 0.1) is 5.82 Å². The molecule has 0 N–H and O–H groups in total. The summed E-state index contributed by atoms with van der Waals surface area (Å²) in [6, 6.07) is 11.5. The number of aryl methyl sites for hydroxylation is 1. The lowest BCUT2D eigenvalue weighted by atomic mass is 10.1. The van der Waals surface area contributed by atoms with Gasteiger partial charge in [0.15, 0.2) is 5.69 Å². The summed E-state index contributed by atoms with van der Waals surface area (Å²) in [5, 5.41) is 5.28. The van der Waals surface area contributed by atoms with Crippen LogP contribution in [-0.4, -0.2) is 53.4 Å². The van der Waals surface area contributed by atoms with E-state index in [0.717, 1.165) is 5.69 Å². The molecule has 4 rings (SSSR count). The molecule has 8 heteroatoms. The minimum Gasteiger partial charge on any atom is -0.492 e. The number of hydrogen-bond acceptors (Lipinski definition) is 5. The van der Waals surface area contributed by atoms with E-state index in [2.05, 4.69) is 10.00 Å². The van der Waals surface area contributed by atoms with Crippen LogP contribution in [0.5, 0.6) is 5.75 Å². The number of rotatable bonds is 4. The number of nitrogens with zero attached hydrogens (tertiary/aromatic N) is 4. The molecule has 1 amide bonds. The molecule has 2 aromatic carbocycles. The van der Waals surface area contributed by atoms with Gasteiger partial charge >= 0.3 is 0 Å². The van der Waals surface area contributed by atoms with Crippen molar-refractivity contribution in [1.29, 1.82) is 0 Å². The van der Waals surface area contributed by atoms with Crippen LogP contribution in [0.25, 0.3) is 10.8 Å². The van der Waals surface area contributed by atoms with Crippen molar-refractivity contribution >= 4 is 22.4 Å². The fraction of sp³-hybridized carbons (Fsp3) is 0.318. The Labute approximate surface area is 173 Å². The Morgan fingerprint density at radius 3 is 2.50 bits per heavy atom. The standard InChI is InChI=1S/C22H23FN4O3/c1-3-30-19-14-15(23)8-9-18(19)26-10-12-27(13-11-26)22(29)20-16-6-4-5-7-17(16)21(28)25(2)24-20/h4-9,14H,3,10-13H2,1-2H3. The summed E-state index contributed by atoms with van der Waals surface area (Å²) in [6.45, 7) is 4.44. The first-order valence-corrected chi connectivity index (χ1v) is 9.92. The van der Waals surface area contributed by atoms with E-state index in [1.54, 1.807) is 42.3 Å². The number of aromatic nitrogens is 2. The monoisotopic (exact) mass is 410 g/mol. The molecule has 1 aliphatic rings. The van der Waals surface area contributed by atoms with E-state index in [1.165, 1.54) is 16.8 Å². The van der Waals surface area contributed by atoms with E-state index >= 15 is 0 Å². The van der Waals surface area contributed by atoms with Crippen LogP contribution in [0.2, 0.25) is 0 Å². The van der Waals surface area contributed by atoms with Gasteiger partial charge in [0.2, 0.25) is 0 Å². The normalized spacial score (nSPS) is 14.2. The molecule has 0 aliphatic carbocycles. The van der Waals surface area contributed by atoms with Crippen LogP contribution in [-0.2, 0) is 7.05 Å². The van der Waals surface area contributed by atoms with Crippen molar-refractivity contribution in [2.24, 2.45) is 7.05 Å². The first-order chi connectivity index (χ1) is 14.5. The third kappa shape index (κ3) is 3.60. The summed E-state index contributed by atoms with van der Waals surface area (Å²) >= 11 is 0. The Hall–Kier alpha value is -3.42. The van der Waals surface area contributed by atoms with Gasteiger partial charge in [0.1, 0.15) is 11.6 Å². The lowest BCUT2D eigenvalue weighted by molar-refractivity contribution is 0.0740. The van der Waals surface area contributed by atoms with Gasteiger partial charge in [-0.05, 0) is 25.1 Å². The minimum atomic E-state index is -0.344. The van der Waals surface area contributed by atoms with Crippen LogP contribution in [0.4, 0.5) is 10.1 Å². The molecule has 0 bridgehead atoms. The zero-order valence-electron chi connectivity index (χ0n) is 17.0. The van der Waals surface area contributed by atoms with E-state index in [4.69, 9.17) is 4.74 Å². The van der Waals surface area contributed by atoms with E-state index in [1.807, 2.05) is 6.92 Å². The van der Waals surface area contributed by atoms with Gasteiger partial charge in [-0.3, -0.25) is 9.59 Å². The molecule has 1 saturated heterocycles. The second-order valence-electron chi connectivity index (χ2n) is 7.15. The average molecular weight is 410 g/mol. The van der Waals surface area contributed by atoms with Gasteiger partial charge in [-0.15, -0.1) is 0 Å². The minimum absolute atomic E-state index is 0.203. The fourth-order valence-electron chi connectivity index (χ4n) is 3.78. The highest BCUT2D eigenvalue weighted by Crippen LogP contribution is 2.30. The molecule has 2 heterocycles. The molecule has 1 aromatic heterocycles. The molecule has 0 atom stereocenters. The van der Waals surface area contributed by atoms with Crippen LogP contribution in [0.15, 0.2) is 47.3 Å². The number of halogens is 1. The third-order valence-electron chi connectivity index (χ3n) is 5.29. The van der Waals surface area contributed by atoms with Gasteiger partial charge in [-0.1, -0.05) is 18.2 Å². The van der Waals surface area contributed by atoms with Crippen molar-refractivity contribution in [3.8, 4) is 5.75 Å². The summed E-state index contributed by atoms with van der Waals surface area (Å²) in [5.74, 6) is -0.0442. The summed E-state index contributed by atoms with van der Waals surface area (Å²) in [6.07, 6.45) is 0. The zero-order chi connectivity index (χ0) is 21.3. The highest BCUT2D eigenvalue weighted by molar-refractivity contribution is 6.04. The first kappa shape index (κ1) is 19.9. The molecule has 0 saturated carbocycles. The molecule has 0 unspecified atom stereocenters. The molecule has 3 aromatic rings. The number of hydrogen-bond donors (Lipinski definition) is 0. The summed E-state index contributed by atoms with van der Waals surface area (Å²) < 4.78 is 20.4. The van der Waals surface area contributed by atoms with Gasteiger partial charge in [-0.25, -0.2) is 9.07 Å². The van der Waals surface area contributed by atoms with Gasteiger partial charge in [0, 0.05) is 44.7 Å². The Bertz CT molecular complexity index is 1150. The average Bonchev–Trinajstić information content (AvgIpc) is 2.76. The number of benzene rings is 2. The van der Waals surface area contributed by atoms with Crippen LogP contribution in [0.3, 0.4) is 0 Å². The molecule has 7 nitrogen and oxygen atoms in total. The lowest BCUT2D eigenvalue weighted by Gasteiger charge is -2.36. The fourth-order valence-corrected chi connectivity index (χ4v) is 3.78. The maximum Gasteiger partial charge on any atom is 0.275 e. The van der Waals surface area contributed by atoms with Gasteiger partial charge in [-0.2, -0.15) is 5.10 Å².